The molecule has 0 atom stereocenters. The first-order valence-corrected chi connectivity index (χ1v) is 37.3. The van der Waals surface area contributed by atoms with Gasteiger partial charge in [0, 0.05) is 146 Å². The molecule has 11 rings (SSSR count). The molecule has 0 saturated carbocycles. The molecule has 0 unspecified atom stereocenters. The maximum atomic E-state index is 12.7. The van der Waals surface area contributed by atoms with Crippen LogP contribution in [0.5, 0.6) is 11.8 Å². The van der Waals surface area contributed by atoms with Crippen LogP contribution in [-0.2, 0) is 7.05 Å². The van der Waals surface area contributed by atoms with Crippen LogP contribution >= 0.6 is 0 Å². The molecule has 0 bridgehead atoms. The standard InChI is InChI=1S/2C9H13NO.2C9H13N.2C8H10FN.2C8H11NO.C8H11N.C7H12N2.C6H10N2/c1-7(2)8-4-5-9(11-3)10-6-8;1-7(2)8-5-4-6-10-9(8)11-3;1-7(2)9-5-4-8(3)10-6-9;1-7(2)9-5-4-6-10-8(9)3;1-6(2)7-3-4-8(9)10-5-7;1-6(2)7-4-3-5-10-8(7)9;1-6(2)7-3-4-8(10)9-5-7;1-6(2)7-4-3-5-9-8(7)10;1-7(2)8-4-3-5-9-6-8;1-6(2)7-8-4-5-9(7)3;1-5(2)6-7-3-4-8-6/h2*4-7H,1-3H3;2*4-7H,1-3H3;2*3-6H,1-2H3;2*3-6H,1-2H3,(H,9,10);3-7H,1-2H3;4-6H,1-3H3;3-5H,1-2H3,(H,7,8). The fourth-order valence-electron chi connectivity index (χ4n) is 9.27. The summed E-state index contributed by atoms with van der Waals surface area (Å²) >= 11 is 0. The number of hydrogen-bond acceptors (Lipinski definition) is 13. The molecule has 11 aromatic heterocycles. The second kappa shape index (κ2) is 53.6. The van der Waals surface area contributed by atoms with Gasteiger partial charge in [-0.05, 0) is 143 Å². The molecule has 0 saturated heterocycles. The van der Waals surface area contributed by atoms with Crippen molar-refractivity contribution in [1.29, 1.82) is 0 Å². The van der Waals surface area contributed by atoms with E-state index in [9.17, 15) is 18.4 Å². The summed E-state index contributed by atoms with van der Waals surface area (Å²) in [5.41, 5.74) is 12.4. The lowest BCUT2D eigenvalue weighted by Crippen LogP contribution is -2.11. The Labute approximate surface area is 645 Å². The van der Waals surface area contributed by atoms with Crippen LogP contribution in [-0.4, -0.2) is 78.6 Å². The van der Waals surface area contributed by atoms with Crippen molar-refractivity contribution in [3.63, 3.8) is 0 Å². The average molecular weight is 1480 g/mol. The summed E-state index contributed by atoms with van der Waals surface area (Å²) in [5, 5.41) is 0. The third kappa shape index (κ3) is 40.0. The Bertz CT molecular complexity index is 4070. The van der Waals surface area contributed by atoms with Crippen molar-refractivity contribution in [2.24, 2.45) is 7.05 Å². The lowest BCUT2D eigenvalue weighted by Gasteiger charge is -2.08. The predicted molar refractivity (Wildman–Crippen MR) is 443 cm³/mol. The second-order valence-electron chi connectivity index (χ2n) is 28.7. The summed E-state index contributed by atoms with van der Waals surface area (Å²) < 4.78 is 37.0. The highest BCUT2D eigenvalue weighted by Gasteiger charge is 2.09. The van der Waals surface area contributed by atoms with Gasteiger partial charge in [0.1, 0.15) is 11.6 Å². The van der Waals surface area contributed by atoms with E-state index in [2.05, 4.69) is 216 Å². The predicted octanol–water partition coefficient (Wildman–Crippen LogP) is 22.4. The van der Waals surface area contributed by atoms with Gasteiger partial charge in [0.2, 0.25) is 29.2 Å². The van der Waals surface area contributed by atoms with E-state index in [1.807, 2.05) is 144 Å². The molecule has 586 valence electrons. The van der Waals surface area contributed by atoms with Gasteiger partial charge >= 0.3 is 0 Å². The molecule has 0 aliphatic heterocycles. The highest BCUT2D eigenvalue weighted by atomic mass is 19.1. The van der Waals surface area contributed by atoms with E-state index in [1.54, 1.807) is 75.7 Å². The molecule has 0 aliphatic rings. The van der Waals surface area contributed by atoms with E-state index in [0.717, 1.165) is 45.6 Å². The van der Waals surface area contributed by atoms with Crippen LogP contribution in [0.15, 0.2) is 206 Å². The smallest absolute Gasteiger partial charge is 0.251 e. The number of pyridine rings is 9. The van der Waals surface area contributed by atoms with Crippen molar-refractivity contribution < 1.29 is 18.3 Å². The van der Waals surface area contributed by atoms with E-state index >= 15 is 0 Å². The zero-order valence-corrected chi connectivity index (χ0v) is 69.7. The van der Waals surface area contributed by atoms with Crippen molar-refractivity contribution in [2.75, 3.05) is 14.2 Å². The molecular formula is C89H127F2N13O4. The van der Waals surface area contributed by atoms with E-state index in [1.165, 1.54) is 40.1 Å². The number of halogens is 2. The number of methoxy groups -OCH3 is 2. The van der Waals surface area contributed by atoms with Crippen molar-refractivity contribution in [3.05, 3.63) is 302 Å². The monoisotopic (exact) mass is 1480 g/mol. The second-order valence-corrected chi connectivity index (χ2v) is 28.7. The molecule has 0 fully saturated rings. The topological polar surface area (TPSA) is 221 Å². The van der Waals surface area contributed by atoms with Crippen LogP contribution in [0.3, 0.4) is 0 Å². The maximum Gasteiger partial charge on any atom is 0.251 e. The minimum Gasteiger partial charge on any atom is -0.481 e. The molecule has 0 radical (unpaired) electrons. The number of aromatic nitrogens is 13. The number of nitrogens with zero attached hydrogens (tertiary/aromatic N) is 10. The zero-order chi connectivity index (χ0) is 81.4. The van der Waals surface area contributed by atoms with Crippen molar-refractivity contribution in [3.8, 4) is 11.8 Å². The normalized spacial score (nSPS) is 10.3. The summed E-state index contributed by atoms with van der Waals surface area (Å²) in [5.74, 6) is 8.13. The fraction of sp³-hybridized carbons (Fsp3) is 0.427. The Morgan fingerprint density at radius 2 is 0.880 bits per heavy atom. The quantitative estimate of drug-likeness (QED) is 0.0916. The number of aromatic amines is 3. The van der Waals surface area contributed by atoms with E-state index in [-0.39, 0.29) is 23.0 Å². The van der Waals surface area contributed by atoms with Gasteiger partial charge in [0.15, 0.2) is 0 Å². The molecule has 11 aromatic rings. The molecule has 17 nitrogen and oxygen atoms in total. The summed E-state index contributed by atoms with van der Waals surface area (Å²) in [7, 11) is 5.29. The number of rotatable bonds is 13. The van der Waals surface area contributed by atoms with E-state index in [0.29, 0.717) is 70.6 Å². The van der Waals surface area contributed by atoms with Crippen LogP contribution in [0, 0.1) is 25.7 Å². The number of nitrogens with one attached hydrogen (secondary N) is 3. The number of aryl methyl sites for hydroxylation is 3. The molecule has 19 heteroatoms. The van der Waals surface area contributed by atoms with Crippen LogP contribution in [0.25, 0.3) is 0 Å². The molecule has 108 heavy (non-hydrogen) atoms. The van der Waals surface area contributed by atoms with Gasteiger partial charge in [-0.3, -0.25) is 24.5 Å². The van der Waals surface area contributed by atoms with Gasteiger partial charge in [0.05, 0.1) is 14.2 Å². The highest BCUT2D eigenvalue weighted by molar-refractivity contribution is 5.28. The molecule has 11 heterocycles. The number of H-pyrrole nitrogens is 3. The summed E-state index contributed by atoms with van der Waals surface area (Å²) in [6, 6.07) is 34.0. The largest absolute Gasteiger partial charge is 0.481 e. The van der Waals surface area contributed by atoms with Crippen LogP contribution in [0.4, 0.5) is 8.78 Å². The van der Waals surface area contributed by atoms with Gasteiger partial charge in [-0.25, -0.2) is 29.9 Å². The molecule has 3 N–H and O–H groups in total. The van der Waals surface area contributed by atoms with Crippen molar-refractivity contribution in [2.45, 2.75) is 231 Å². The minimum absolute atomic E-state index is 0.0255. The minimum atomic E-state index is -0.413. The Morgan fingerprint density at radius 3 is 1.21 bits per heavy atom. The van der Waals surface area contributed by atoms with Crippen LogP contribution in [0.1, 0.15) is 291 Å². The lowest BCUT2D eigenvalue weighted by atomic mass is 10.0. The van der Waals surface area contributed by atoms with Crippen molar-refractivity contribution in [1.82, 2.24) is 64.4 Å². The summed E-state index contributed by atoms with van der Waals surface area (Å²) in [4.78, 5) is 65.8. The first-order valence-electron chi connectivity index (χ1n) is 37.3. The molecule has 0 amide bonds. The molecule has 0 spiro atoms. The SMILES string of the molecule is CC(C)c1ccc(=O)[nH]c1.CC(C)c1ccc(F)nc1.CC(C)c1ccc[nH]c1=O.CC(C)c1cccnc1.CC(C)c1cccnc1F.CC(C)c1ncc[nH]1.CC(C)c1nccn1C.COc1ccc(C(C)C)cn1.COc1ncccc1C(C)C.Cc1ccc(C(C)C)cn1.Cc1ncccc1C(C)C. The summed E-state index contributed by atoms with van der Waals surface area (Å²) in [6.45, 7) is 50.3. The van der Waals surface area contributed by atoms with Crippen molar-refractivity contribution >= 4 is 0 Å². The number of imidazole rings is 2. The fourth-order valence-corrected chi connectivity index (χ4v) is 9.27. The Balaban J connectivity index is 0.000000594. The Morgan fingerprint density at radius 1 is 0.380 bits per heavy atom. The van der Waals surface area contributed by atoms with Crippen LogP contribution in [0.2, 0.25) is 0 Å². The first-order chi connectivity index (χ1) is 51.1. The van der Waals surface area contributed by atoms with Gasteiger partial charge in [0.25, 0.3) is 5.56 Å². The third-order valence-corrected chi connectivity index (χ3v) is 16.1. The summed E-state index contributed by atoms with van der Waals surface area (Å²) in [6.07, 6.45) is 24.9. The van der Waals surface area contributed by atoms with Gasteiger partial charge in [-0.1, -0.05) is 207 Å². The highest BCUT2D eigenvalue weighted by Crippen LogP contribution is 2.23. The maximum absolute atomic E-state index is 12.7. The first kappa shape index (κ1) is 95.8. The zero-order valence-electron chi connectivity index (χ0n) is 69.7. The van der Waals surface area contributed by atoms with E-state index in [4.69, 9.17) is 9.47 Å². The van der Waals surface area contributed by atoms with Gasteiger partial charge < -0.3 is 29.0 Å². The van der Waals surface area contributed by atoms with Crippen LogP contribution < -0.4 is 20.6 Å². The van der Waals surface area contributed by atoms with Gasteiger partial charge in [-0.2, -0.15) is 8.78 Å². The molecule has 0 aliphatic carbocycles. The Hall–Kier alpha value is -10.2. The number of hydrogen-bond donors (Lipinski definition) is 3. The molecular weight excluding hydrogens is 1350 g/mol. The lowest BCUT2D eigenvalue weighted by molar-refractivity contribution is 0.390. The number of ether oxygens (including phenoxy) is 2. The third-order valence-electron chi connectivity index (χ3n) is 16.1. The average Bonchev–Trinajstić information content (AvgIpc) is 1.08. The molecule has 0 aromatic carbocycles. The van der Waals surface area contributed by atoms with E-state index < -0.39 is 5.95 Å². The van der Waals surface area contributed by atoms with Gasteiger partial charge in [-0.15, -0.1) is 0 Å². The Kier molecular flexibility index (Phi) is 47.5.